The average molecular weight is 309 g/mol. The zero-order valence-corrected chi connectivity index (χ0v) is 14.4. The van der Waals surface area contributed by atoms with Gasteiger partial charge in [-0.3, -0.25) is 0 Å². The van der Waals surface area contributed by atoms with Crippen molar-refractivity contribution in [2.75, 3.05) is 18.0 Å². The largest absolute Gasteiger partial charge is 0.371 e. The summed E-state index contributed by atoms with van der Waals surface area (Å²) >= 11 is 6.47. The summed E-state index contributed by atoms with van der Waals surface area (Å²) in [5.74, 6) is 0. The predicted molar refractivity (Wildman–Crippen MR) is 93.3 cm³/mol. The first-order valence-corrected chi connectivity index (χ1v) is 8.71. The van der Waals surface area contributed by atoms with Gasteiger partial charge >= 0.3 is 0 Å². The highest BCUT2D eigenvalue weighted by molar-refractivity contribution is 6.31. The SMILES string of the molecule is CCC(N)Cc1c(Cl)cccc1N1CCC(CC)(CC)C1. The van der Waals surface area contributed by atoms with Gasteiger partial charge in [-0.15, -0.1) is 0 Å². The lowest BCUT2D eigenvalue weighted by Gasteiger charge is -2.29. The molecule has 2 rings (SSSR count). The van der Waals surface area contributed by atoms with Crippen LogP contribution in [0.3, 0.4) is 0 Å². The summed E-state index contributed by atoms with van der Waals surface area (Å²) < 4.78 is 0. The molecule has 1 heterocycles. The fourth-order valence-corrected chi connectivity index (χ4v) is 3.67. The van der Waals surface area contributed by atoms with E-state index >= 15 is 0 Å². The summed E-state index contributed by atoms with van der Waals surface area (Å²) in [6, 6.07) is 6.46. The molecular formula is C18H29ClN2. The van der Waals surface area contributed by atoms with Gasteiger partial charge in [0.25, 0.3) is 0 Å². The van der Waals surface area contributed by atoms with Crippen LogP contribution in [0.1, 0.15) is 52.0 Å². The van der Waals surface area contributed by atoms with Gasteiger partial charge < -0.3 is 10.6 Å². The molecule has 118 valence electrons. The minimum atomic E-state index is 0.188. The maximum atomic E-state index is 6.47. The Morgan fingerprint density at radius 1 is 1.29 bits per heavy atom. The molecule has 1 fully saturated rings. The Bertz CT molecular complexity index is 468. The molecular weight excluding hydrogens is 280 g/mol. The maximum absolute atomic E-state index is 6.47. The molecule has 0 spiro atoms. The molecule has 1 atom stereocenters. The van der Waals surface area contributed by atoms with Crippen LogP contribution in [0.4, 0.5) is 5.69 Å². The van der Waals surface area contributed by atoms with Crippen LogP contribution in [0.5, 0.6) is 0 Å². The molecule has 21 heavy (non-hydrogen) atoms. The quantitative estimate of drug-likeness (QED) is 0.829. The van der Waals surface area contributed by atoms with E-state index in [4.69, 9.17) is 17.3 Å². The number of nitrogens with zero attached hydrogens (tertiary/aromatic N) is 1. The molecule has 1 aliphatic heterocycles. The van der Waals surface area contributed by atoms with Gasteiger partial charge in [-0.05, 0) is 55.2 Å². The van der Waals surface area contributed by atoms with Crippen molar-refractivity contribution in [2.24, 2.45) is 11.1 Å². The number of halogens is 1. The molecule has 0 aromatic heterocycles. The number of benzene rings is 1. The lowest BCUT2D eigenvalue weighted by molar-refractivity contribution is 0.301. The van der Waals surface area contributed by atoms with Crippen LogP contribution in [0.25, 0.3) is 0 Å². The van der Waals surface area contributed by atoms with Gasteiger partial charge in [-0.25, -0.2) is 0 Å². The second-order valence-corrected chi connectivity index (χ2v) is 6.90. The van der Waals surface area contributed by atoms with E-state index in [0.717, 1.165) is 31.0 Å². The Morgan fingerprint density at radius 3 is 2.57 bits per heavy atom. The van der Waals surface area contributed by atoms with E-state index in [9.17, 15) is 0 Å². The number of anilines is 1. The van der Waals surface area contributed by atoms with Crippen LogP contribution >= 0.6 is 11.6 Å². The van der Waals surface area contributed by atoms with Crippen LogP contribution in [0.15, 0.2) is 18.2 Å². The van der Waals surface area contributed by atoms with Crippen LogP contribution in [-0.4, -0.2) is 19.1 Å². The second-order valence-electron chi connectivity index (χ2n) is 6.49. The molecule has 2 N–H and O–H groups in total. The van der Waals surface area contributed by atoms with Gasteiger partial charge in [-0.1, -0.05) is 38.4 Å². The zero-order chi connectivity index (χ0) is 15.5. The number of hydrogen-bond acceptors (Lipinski definition) is 2. The van der Waals surface area contributed by atoms with Crippen molar-refractivity contribution in [1.29, 1.82) is 0 Å². The molecule has 1 aromatic carbocycles. The average Bonchev–Trinajstić information content (AvgIpc) is 2.94. The minimum absolute atomic E-state index is 0.188. The Kier molecular flexibility index (Phi) is 5.56. The third-order valence-corrected chi connectivity index (χ3v) is 5.72. The van der Waals surface area contributed by atoms with Crippen molar-refractivity contribution in [1.82, 2.24) is 0 Å². The van der Waals surface area contributed by atoms with Crippen molar-refractivity contribution >= 4 is 17.3 Å². The lowest BCUT2D eigenvalue weighted by Crippen LogP contribution is -2.28. The maximum Gasteiger partial charge on any atom is 0.0459 e. The number of rotatable bonds is 6. The molecule has 1 unspecified atom stereocenters. The van der Waals surface area contributed by atoms with Gasteiger partial charge in [0, 0.05) is 29.8 Å². The van der Waals surface area contributed by atoms with E-state index in [1.807, 2.05) is 6.07 Å². The van der Waals surface area contributed by atoms with Gasteiger partial charge in [0.05, 0.1) is 0 Å². The molecule has 1 saturated heterocycles. The summed E-state index contributed by atoms with van der Waals surface area (Å²) in [6.07, 6.45) is 5.65. The summed E-state index contributed by atoms with van der Waals surface area (Å²) in [7, 11) is 0. The van der Waals surface area contributed by atoms with E-state index < -0.39 is 0 Å². The Hall–Kier alpha value is -0.730. The van der Waals surface area contributed by atoms with Gasteiger partial charge in [0.15, 0.2) is 0 Å². The predicted octanol–water partition coefficient (Wildman–Crippen LogP) is 4.64. The first kappa shape index (κ1) is 16.6. The van der Waals surface area contributed by atoms with E-state index in [1.165, 1.54) is 30.5 Å². The fraction of sp³-hybridized carbons (Fsp3) is 0.667. The summed E-state index contributed by atoms with van der Waals surface area (Å²) in [6.45, 7) is 9.05. The highest BCUT2D eigenvalue weighted by Gasteiger charge is 2.35. The smallest absolute Gasteiger partial charge is 0.0459 e. The minimum Gasteiger partial charge on any atom is -0.371 e. The zero-order valence-electron chi connectivity index (χ0n) is 13.7. The molecule has 2 nitrogen and oxygen atoms in total. The first-order chi connectivity index (χ1) is 10.0. The summed E-state index contributed by atoms with van der Waals surface area (Å²) in [5, 5.41) is 0.863. The van der Waals surface area contributed by atoms with Crippen LogP contribution in [-0.2, 0) is 6.42 Å². The van der Waals surface area contributed by atoms with Crippen molar-refractivity contribution in [2.45, 2.75) is 58.9 Å². The van der Waals surface area contributed by atoms with Gasteiger partial charge in [-0.2, -0.15) is 0 Å². The molecule has 0 aliphatic carbocycles. The third-order valence-electron chi connectivity index (χ3n) is 5.36. The van der Waals surface area contributed by atoms with Crippen molar-refractivity contribution < 1.29 is 0 Å². The topological polar surface area (TPSA) is 29.3 Å². The summed E-state index contributed by atoms with van der Waals surface area (Å²) in [5.41, 5.74) is 9.18. The molecule has 0 amide bonds. The van der Waals surface area contributed by atoms with E-state index in [-0.39, 0.29) is 6.04 Å². The van der Waals surface area contributed by atoms with Gasteiger partial charge in [0.2, 0.25) is 0 Å². The molecule has 0 radical (unpaired) electrons. The van der Waals surface area contributed by atoms with Crippen LogP contribution < -0.4 is 10.6 Å². The molecule has 3 heteroatoms. The van der Waals surface area contributed by atoms with Crippen molar-refractivity contribution in [3.63, 3.8) is 0 Å². The highest BCUT2D eigenvalue weighted by atomic mass is 35.5. The third kappa shape index (κ3) is 3.54. The Morgan fingerprint density at radius 2 is 2.00 bits per heavy atom. The van der Waals surface area contributed by atoms with Crippen LogP contribution in [0, 0.1) is 5.41 Å². The van der Waals surface area contributed by atoms with Crippen LogP contribution in [0.2, 0.25) is 5.02 Å². The van der Waals surface area contributed by atoms with E-state index in [2.05, 4.69) is 37.8 Å². The van der Waals surface area contributed by atoms with Gasteiger partial charge in [0.1, 0.15) is 0 Å². The Labute approximate surface area is 134 Å². The fourth-order valence-electron chi connectivity index (χ4n) is 3.42. The number of nitrogens with two attached hydrogens (primary N) is 1. The summed E-state index contributed by atoms with van der Waals surface area (Å²) in [4.78, 5) is 2.52. The molecule has 0 bridgehead atoms. The monoisotopic (exact) mass is 308 g/mol. The lowest BCUT2D eigenvalue weighted by atomic mass is 9.82. The second kappa shape index (κ2) is 7.02. The molecule has 0 saturated carbocycles. The molecule has 1 aromatic rings. The van der Waals surface area contributed by atoms with Crippen molar-refractivity contribution in [3.8, 4) is 0 Å². The highest BCUT2D eigenvalue weighted by Crippen LogP contribution is 2.41. The van der Waals surface area contributed by atoms with E-state index in [0.29, 0.717) is 5.41 Å². The first-order valence-electron chi connectivity index (χ1n) is 8.33. The molecule has 1 aliphatic rings. The Balaban J connectivity index is 2.26. The van der Waals surface area contributed by atoms with E-state index in [1.54, 1.807) is 0 Å². The number of hydrogen-bond donors (Lipinski definition) is 1. The standard InChI is InChI=1S/C18H29ClN2/c1-4-14(20)12-15-16(19)8-7-9-17(15)21-11-10-18(5-2,6-3)13-21/h7-9,14H,4-6,10-13,20H2,1-3H3. The van der Waals surface area contributed by atoms with Crippen molar-refractivity contribution in [3.05, 3.63) is 28.8 Å². The normalized spacial score (nSPS) is 19.0.